The van der Waals surface area contributed by atoms with E-state index in [1.165, 1.54) is 29.2 Å². The van der Waals surface area contributed by atoms with Crippen molar-refractivity contribution in [3.05, 3.63) is 57.2 Å². The van der Waals surface area contributed by atoms with Gasteiger partial charge in [-0.05, 0) is 51.9 Å². The Labute approximate surface area is 199 Å². The summed E-state index contributed by atoms with van der Waals surface area (Å²) in [5, 5.41) is 14.6. The average Bonchev–Trinajstić information content (AvgIpc) is 3.42. The molecule has 1 N–H and O–H groups in total. The van der Waals surface area contributed by atoms with Crippen molar-refractivity contribution >= 4 is 33.6 Å². The molecule has 33 heavy (non-hydrogen) atoms. The van der Waals surface area contributed by atoms with Gasteiger partial charge >= 0.3 is 5.97 Å². The summed E-state index contributed by atoms with van der Waals surface area (Å²) in [6.07, 6.45) is 5.01. The zero-order valence-corrected chi connectivity index (χ0v) is 20.2. The molecular weight excluding hydrogens is 490 g/mol. The summed E-state index contributed by atoms with van der Waals surface area (Å²) < 4.78 is 8.72. The lowest BCUT2D eigenvalue weighted by molar-refractivity contribution is 0.0599. The van der Waals surface area contributed by atoms with Crippen molar-refractivity contribution in [1.82, 2.24) is 19.3 Å². The molecule has 4 heterocycles. The number of esters is 1. The molecule has 3 aromatic rings. The van der Waals surface area contributed by atoms with E-state index in [2.05, 4.69) is 44.4 Å². The lowest BCUT2D eigenvalue weighted by atomic mass is 9.90. The highest BCUT2D eigenvalue weighted by atomic mass is 79.9. The van der Waals surface area contributed by atoms with Gasteiger partial charge in [-0.2, -0.15) is 5.10 Å². The largest absolute Gasteiger partial charge is 0.465 e. The van der Waals surface area contributed by atoms with Crippen LogP contribution in [0.4, 0.5) is 5.82 Å². The van der Waals surface area contributed by atoms with Gasteiger partial charge in [-0.1, -0.05) is 13.8 Å². The minimum atomic E-state index is -0.531. The van der Waals surface area contributed by atoms with Crippen LogP contribution in [0.15, 0.2) is 29.1 Å². The van der Waals surface area contributed by atoms with E-state index in [0.717, 1.165) is 12.8 Å². The molecule has 0 atom stereocenters. The Balaban J connectivity index is 1.53. The fraction of sp³-hybridized carbons (Fsp3) is 0.391. The Morgan fingerprint density at radius 3 is 2.82 bits per heavy atom. The third-order valence-corrected chi connectivity index (χ3v) is 6.95. The van der Waals surface area contributed by atoms with Gasteiger partial charge < -0.3 is 14.4 Å². The highest BCUT2D eigenvalue weighted by molar-refractivity contribution is 9.10. The van der Waals surface area contributed by atoms with Gasteiger partial charge in [0, 0.05) is 36.7 Å². The molecule has 1 aliphatic heterocycles. The highest BCUT2D eigenvalue weighted by Gasteiger charge is 2.37. The van der Waals surface area contributed by atoms with Crippen molar-refractivity contribution in [2.75, 3.05) is 18.6 Å². The number of amides is 1. The Kier molecular flexibility index (Phi) is 5.17. The number of aromatic nitrogens is 4. The molecule has 3 aromatic heterocycles. The molecule has 0 saturated carbocycles. The maximum Gasteiger partial charge on any atom is 0.342 e. The standard InChI is InChI=1S/C23H24BrN5O4/c1-23(2)9-13-8-17-21(31)28(7-6-27(17)18(13)10-23)20-15(12-30)16(4-5-25-20)29-11-14(19(24)26-29)22(32)33-3/h4-5,8,11,30H,6-7,9-10,12H2,1-3H3. The molecule has 0 bridgehead atoms. The van der Waals surface area contributed by atoms with E-state index in [9.17, 15) is 14.7 Å². The van der Waals surface area contributed by atoms with Crippen molar-refractivity contribution in [3.63, 3.8) is 0 Å². The fourth-order valence-corrected chi connectivity index (χ4v) is 5.34. The van der Waals surface area contributed by atoms with Crippen LogP contribution in [0.3, 0.4) is 0 Å². The first-order valence-corrected chi connectivity index (χ1v) is 11.5. The van der Waals surface area contributed by atoms with E-state index in [1.54, 1.807) is 17.2 Å². The number of anilines is 1. The number of nitrogens with zero attached hydrogens (tertiary/aromatic N) is 5. The maximum atomic E-state index is 13.5. The first kappa shape index (κ1) is 21.8. The first-order valence-electron chi connectivity index (χ1n) is 10.7. The third-order valence-electron chi connectivity index (χ3n) is 6.37. The van der Waals surface area contributed by atoms with Gasteiger partial charge in [0.1, 0.15) is 21.7 Å². The number of pyridine rings is 1. The van der Waals surface area contributed by atoms with Gasteiger partial charge in [-0.15, -0.1) is 0 Å². The number of hydrogen-bond acceptors (Lipinski definition) is 6. The van der Waals surface area contributed by atoms with Crippen LogP contribution < -0.4 is 4.90 Å². The monoisotopic (exact) mass is 513 g/mol. The minimum Gasteiger partial charge on any atom is -0.465 e. The summed E-state index contributed by atoms with van der Waals surface area (Å²) in [6, 6.07) is 3.69. The molecular formula is C23H24BrN5O4. The SMILES string of the molecule is COC(=O)c1cn(-c2ccnc(N3CCn4c(cc5c4CC(C)(C)C5)C3=O)c2CO)nc1Br. The summed E-state index contributed by atoms with van der Waals surface area (Å²) in [7, 11) is 1.30. The number of aliphatic hydroxyl groups excluding tert-OH is 1. The third kappa shape index (κ3) is 3.48. The van der Waals surface area contributed by atoms with Gasteiger partial charge in [-0.3, -0.25) is 9.69 Å². The number of fused-ring (bicyclic) bond motifs is 3. The van der Waals surface area contributed by atoms with Gasteiger partial charge in [0.05, 0.1) is 19.4 Å². The van der Waals surface area contributed by atoms with Crippen LogP contribution in [-0.4, -0.2) is 50.0 Å². The van der Waals surface area contributed by atoms with Crippen molar-refractivity contribution in [3.8, 4) is 5.69 Å². The highest BCUT2D eigenvalue weighted by Crippen LogP contribution is 2.39. The Morgan fingerprint density at radius 2 is 2.09 bits per heavy atom. The van der Waals surface area contributed by atoms with Crippen LogP contribution in [-0.2, 0) is 30.7 Å². The quantitative estimate of drug-likeness (QED) is 0.538. The van der Waals surface area contributed by atoms with E-state index >= 15 is 0 Å². The number of carbonyl (C=O) groups is 2. The zero-order valence-electron chi connectivity index (χ0n) is 18.6. The molecule has 0 radical (unpaired) electrons. The van der Waals surface area contributed by atoms with Crippen molar-refractivity contribution in [2.45, 2.75) is 39.8 Å². The van der Waals surface area contributed by atoms with Gasteiger partial charge in [0.15, 0.2) is 0 Å². The molecule has 1 amide bonds. The minimum absolute atomic E-state index is 0.135. The number of halogens is 1. The smallest absolute Gasteiger partial charge is 0.342 e. The lowest BCUT2D eigenvalue weighted by Gasteiger charge is -2.30. The Bertz CT molecular complexity index is 1290. The summed E-state index contributed by atoms with van der Waals surface area (Å²) in [4.78, 5) is 31.5. The van der Waals surface area contributed by atoms with E-state index in [0.29, 0.717) is 40.5 Å². The van der Waals surface area contributed by atoms with E-state index in [4.69, 9.17) is 4.74 Å². The first-order chi connectivity index (χ1) is 15.7. The number of rotatable bonds is 4. The molecule has 1 aliphatic carbocycles. The molecule has 10 heteroatoms. The van der Waals surface area contributed by atoms with Gasteiger partial charge in [0.2, 0.25) is 0 Å². The maximum absolute atomic E-state index is 13.5. The van der Waals surface area contributed by atoms with Crippen molar-refractivity contribution in [1.29, 1.82) is 0 Å². The van der Waals surface area contributed by atoms with E-state index in [-0.39, 0.29) is 23.5 Å². The normalized spacial score (nSPS) is 16.6. The number of methoxy groups -OCH3 is 1. The molecule has 0 fully saturated rings. The van der Waals surface area contributed by atoms with Crippen molar-refractivity contribution in [2.24, 2.45) is 5.41 Å². The lowest BCUT2D eigenvalue weighted by Crippen LogP contribution is -2.41. The summed E-state index contributed by atoms with van der Waals surface area (Å²) in [5.74, 6) is -0.278. The number of hydrogen-bond donors (Lipinski definition) is 1. The van der Waals surface area contributed by atoms with Crippen LogP contribution in [0, 0.1) is 5.41 Å². The molecule has 5 rings (SSSR count). The van der Waals surface area contributed by atoms with E-state index < -0.39 is 5.97 Å². The van der Waals surface area contributed by atoms with Gasteiger partial charge in [0.25, 0.3) is 5.91 Å². The predicted octanol–water partition coefficient (Wildman–Crippen LogP) is 2.90. The predicted molar refractivity (Wildman–Crippen MR) is 124 cm³/mol. The molecule has 9 nitrogen and oxygen atoms in total. The second-order valence-electron chi connectivity index (χ2n) is 9.19. The molecule has 0 saturated heterocycles. The molecule has 0 aromatic carbocycles. The Hall–Kier alpha value is -2.98. The van der Waals surface area contributed by atoms with Crippen LogP contribution >= 0.6 is 15.9 Å². The fourth-order valence-electron chi connectivity index (χ4n) is 4.91. The molecule has 0 unspecified atom stereocenters. The number of ether oxygens (including phenoxy) is 1. The zero-order chi connectivity index (χ0) is 23.5. The Morgan fingerprint density at radius 1 is 1.30 bits per heavy atom. The summed E-state index contributed by atoms with van der Waals surface area (Å²) >= 11 is 3.28. The average molecular weight is 514 g/mol. The van der Waals surface area contributed by atoms with Crippen LogP contribution in [0.25, 0.3) is 5.69 Å². The van der Waals surface area contributed by atoms with Crippen molar-refractivity contribution < 1.29 is 19.4 Å². The van der Waals surface area contributed by atoms with Crippen LogP contribution in [0.1, 0.15) is 51.5 Å². The van der Waals surface area contributed by atoms with Crippen LogP contribution in [0.5, 0.6) is 0 Å². The van der Waals surface area contributed by atoms with Crippen LogP contribution in [0.2, 0.25) is 0 Å². The second-order valence-corrected chi connectivity index (χ2v) is 9.94. The summed E-state index contributed by atoms with van der Waals surface area (Å²) in [5.41, 5.74) is 4.60. The number of aliphatic hydroxyl groups is 1. The molecule has 172 valence electrons. The molecule has 2 aliphatic rings. The number of carbonyl (C=O) groups excluding carboxylic acids is 2. The topological polar surface area (TPSA) is 102 Å². The second kappa shape index (κ2) is 7.81. The summed E-state index contributed by atoms with van der Waals surface area (Å²) in [6.45, 7) is 5.27. The van der Waals surface area contributed by atoms with Gasteiger partial charge in [-0.25, -0.2) is 14.5 Å². The van der Waals surface area contributed by atoms with E-state index in [1.807, 2.05) is 6.07 Å². The molecule has 0 spiro atoms.